The van der Waals surface area contributed by atoms with Crippen molar-refractivity contribution in [2.24, 2.45) is 0 Å². The number of hydrogen-bond donors (Lipinski definition) is 1. The molecule has 1 heterocycles. The van der Waals surface area contributed by atoms with Gasteiger partial charge in [-0.15, -0.1) is 5.10 Å². The lowest BCUT2D eigenvalue weighted by molar-refractivity contribution is -0.113. The zero-order valence-electron chi connectivity index (χ0n) is 19.0. The molecule has 0 aliphatic heterocycles. The van der Waals surface area contributed by atoms with Crippen molar-refractivity contribution < 1.29 is 13.2 Å². The summed E-state index contributed by atoms with van der Waals surface area (Å²) in [4.78, 5) is 12.7. The van der Waals surface area contributed by atoms with Crippen LogP contribution in [-0.4, -0.2) is 57.7 Å². The molecule has 2 aliphatic carbocycles. The lowest BCUT2D eigenvalue weighted by Gasteiger charge is -2.30. The molecule has 0 saturated heterocycles. The van der Waals surface area contributed by atoms with Crippen molar-refractivity contribution in [3.8, 4) is 0 Å². The van der Waals surface area contributed by atoms with Crippen LogP contribution in [0.2, 0.25) is 0 Å². The van der Waals surface area contributed by atoms with Gasteiger partial charge in [-0.05, 0) is 60.4 Å². The Morgan fingerprint density at radius 2 is 1.70 bits per heavy atom. The fraction of sp³-hybridized carbons (Fsp3) is 0.636. The monoisotopic (exact) mass is 492 g/mol. The summed E-state index contributed by atoms with van der Waals surface area (Å²) >= 11 is 1.31. The van der Waals surface area contributed by atoms with Crippen molar-refractivity contribution in [2.45, 2.75) is 86.3 Å². The molecule has 1 amide bonds. The number of amides is 1. The summed E-state index contributed by atoms with van der Waals surface area (Å²) < 4.78 is 29.3. The van der Waals surface area contributed by atoms with Crippen LogP contribution in [0.3, 0.4) is 0 Å². The van der Waals surface area contributed by atoms with E-state index in [2.05, 4.69) is 20.8 Å². The molecule has 2 aliphatic rings. The van der Waals surface area contributed by atoms with Gasteiger partial charge in [0.25, 0.3) is 0 Å². The van der Waals surface area contributed by atoms with Gasteiger partial charge in [-0.25, -0.2) is 13.1 Å². The maximum absolute atomic E-state index is 13.0. The molecule has 33 heavy (non-hydrogen) atoms. The molecule has 11 heteroatoms. The van der Waals surface area contributed by atoms with Gasteiger partial charge in [-0.1, -0.05) is 50.3 Å². The lowest BCUT2D eigenvalue weighted by atomic mass is 9.96. The minimum atomic E-state index is -3.55. The Hall–Kier alpha value is -1.98. The van der Waals surface area contributed by atoms with Gasteiger partial charge in [0, 0.05) is 18.8 Å². The van der Waals surface area contributed by atoms with Crippen molar-refractivity contribution in [1.82, 2.24) is 24.5 Å². The van der Waals surface area contributed by atoms with E-state index in [0.717, 1.165) is 38.5 Å². The summed E-state index contributed by atoms with van der Waals surface area (Å²) in [5.41, 5.74) is 0.562. The number of hydrogen-bond acceptors (Lipinski definition) is 7. The largest absolute Gasteiger partial charge is 0.325 e. The quantitative estimate of drug-likeness (QED) is 0.557. The first-order valence-electron chi connectivity index (χ1n) is 11.7. The topological polar surface area (TPSA) is 110 Å². The maximum Gasteiger partial charge on any atom is 0.243 e. The molecule has 0 spiro atoms. The number of aromatic nitrogens is 4. The van der Waals surface area contributed by atoms with Crippen molar-refractivity contribution in [3.63, 3.8) is 0 Å². The van der Waals surface area contributed by atoms with Gasteiger partial charge in [0.2, 0.25) is 21.1 Å². The third kappa shape index (κ3) is 5.93. The molecule has 0 atom stereocenters. The zero-order valence-corrected chi connectivity index (χ0v) is 20.7. The van der Waals surface area contributed by atoms with Crippen LogP contribution >= 0.6 is 11.8 Å². The Morgan fingerprint density at radius 1 is 1.06 bits per heavy atom. The Labute approximate surface area is 199 Å². The van der Waals surface area contributed by atoms with Crippen LogP contribution in [0.1, 0.15) is 70.3 Å². The maximum atomic E-state index is 13.0. The second-order valence-corrected chi connectivity index (χ2v) is 11.8. The number of tetrazole rings is 1. The van der Waals surface area contributed by atoms with Crippen molar-refractivity contribution in [2.75, 3.05) is 18.1 Å². The smallest absolute Gasteiger partial charge is 0.243 e. The van der Waals surface area contributed by atoms with E-state index in [4.69, 9.17) is 0 Å². The SMILES string of the molecule is CN(C1CCCCC1)S(=O)(=O)c1ccc(NC(=O)CSc2nnnn2C2CCCCC2)cc1. The Balaban J connectivity index is 1.32. The number of nitrogens with one attached hydrogen (secondary N) is 1. The number of benzene rings is 1. The number of rotatable bonds is 8. The van der Waals surface area contributed by atoms with E-state index in [1.54, 1.807) is 31.3 Å². The highest BCUT2D eigenvalue weighted by molar-refractivity contribution is 7.99. The van der Waals surface area contributed by atoms with Gasteiger partial charge in [0.1, 0.15) is 0 Å². The third-order valence-corrected chi connectivity index (χ3v) is 9.48. The first-order valence-corrected chi connectivity index (χ1v) is 14.2. The number of sulfonamides is 1. The third-order valence-electron chi connectivity index (χ3n) is 6.62. The fourth-order valence-electron chi connectivity index (χ4n) is 4.68. The summed E-state index contributed by atoms with van der Waals surface area (Å²) in [5, 5.41) is 15.5. The van der Waals surface area contributed by atoms with E-state index in [9.17, 15) is 13.2 Å². The number of nitrogens with zero attached hydrogens (tertiary/aromatic N) is 5. The van der Waals surface area contributed by atoms with Gasteiger partial charge in [-0.3, -0.25) is 4.79 Å². The van der Waals surface area contributed by atoms with Crippen LogP contribution < -0.4 is 5.32 Å². The van der Waals surface area contributed by atoms with E-state index in [1.807, 2.05) is 4.68 Å². The average molecular weight is 493 g/mol. The van der Waals surface area contributed by atoms with Crippen LogP contribution in [-0.2, 0) is 14.8 Å². The standard InChI is InChI=1S/C22H32N6O3S2/c1-27(18-8-4-2-5-9-18)33(30,31)20-14-12-17(13-15-20)23-21(29)16-32-22-24-25-26-28(22)19-10-6-3-7-11-19/h12-15,18-19H,2-11,16H2,1H3,(H,23,29). The highest BCUT2D eigenvalue weighted by atomic mass is 32.2. The summed E-state index contributed by atoms with van der Waals surface area (Å²) in [7, 11) is -1.88. The molecule has 1 N–H and O–H groups in total. The Bertz CT molecular complexity index is 1030. The van der Waals surface area contributed by atoms with Crippen LogP contribution in [0.4, 0.5) is 5.69 Å². The van der Waals surface area contributed by atoms with Crippen molar-refractivity contribution in [1.29, 1.82) is 0 Å². The van der Waals surface area contributed by atoms with Crippen LogP contribution in [0.25, 0.3) is 0 Å². The van der Waals surface area contributed by atoms with Gasteiger partial charge in [-0.2, -0.15) is 4.31 Å². The predicted octanol–water partition coefficient (Wildman–Crippen LogP) is 3.86. The highest BCUT2D eigenvalue weighted by Gasteiger charge is 2.29. The van der Waals surface area contributed by atoms with E-state index in [-0.39, 0.29) is 22.6 Å². The molecule has 1 aromatic carbocycles. The second-order valence-electron chi connectivity index (χ2n) is 8.87. The van der Waals surface area contributed by atoms with Crippen molar-refractivity contribution in [3.05, 3.63) is 24.3 Å². The number of carbonyl (C=O) groups excluding carboxylic acids is 1. The van der Waals surface area contributed by atoms with Gasteiger partial charge in [0.05, 0.1) is 16.7 Å². The highest BCUT2D eigenvalue weighted by Crippen LogP contribution is 2.30. The summed E-state index contributed by atoms with van der Waals surface area (Å²) in [6.07, 6.45) is 10.9. The van der Waals surface area contributed by atoms with E-state index < -0.39 is 10.0 Å². The predicted molar refractivity (Wildman–Crippen MR) is 128 cm³/mol. The molecule has 2 fully saturated rings. The first kappa shape index (κ1) is 24.2. The molecule has 0 bridgehead atoms. The molecule has 180 valence electrons. The van der Waals surface area contributed by atoms with Crippen LogP contribution in [0, 0.1) is 0 Å². The molecule has 2 aromatic rings. The molecule has 0 unspecified atom stereocenters. The van der Waals surface area contributed by atoms with Crippen molar-refractivity contribution >= 4 is 33.4 Å². The van der Waals surface area contributed by atoms with E-state index in [1.165, 1.54) is 41.8 Å². The summed E-state index contributed by atoms with van der Waals surface area (Å²) in [6.45, 7) is 0. The van der Waals surface area contributed by atoms with Gasteiger partial charge >= 0.3 is 0 Å². The van der Waals surface area contributed by atoms with E-state index in [0.29, 0.717) is 16.9 Å². The number of carbonyl (C=O) groups is 1. The number of thioether (sulfide) groups is 1. The number of anilines is 1. The van der Waals surface area contributed by atoms with Gasteiger partial charge in [0.15, 0.2) is 0 Å². The molecular formula is C22H32N6O3S2. The molecular weight excluding hydrogens is 460 g/mol. The Kier molecular flexibility index (Phi) is 8.02. The summed E-state index contributed by atoms with van der Waals surface area (Å²) in [5.74, 6) is -0.00879. The summed E-state index contributed by atoms with van der Waals surface area (Å²) in [6, 6.07) is 6.75. The van der Waals surface area contributed by atoms with Crippen LogP contribution in [0.5, 0.6) is 0 Å². The lowest BCUT2D eigenvalue weighted by Crippen LogP contribution is -2.38. The normalized spacial score (nSPS) is 18.5. The minimum absolute atomic E-state index is 0.0605. The molecule has 1 aromatic heterocycles. The average Bonchev–Trinajstić information content (AvgIpc) is 3.32. The first-order chi connectivity index (χ1) is 15.9. The minimum Gasteiger partial charge on any atom is -0.325 e. The molecule has 4 rings (SSSR count). The molecule has 9 nitrogen and oxygen atoms in total. The second kappa shape index (κ2) is 11.0. The van der Waals surface area contributed by atoms with E-state index >= 15 is 0 Å². The fourth-order valence-corrected chi connectivity index (χ4v) is 6.84. The van der Waals surface area contributed by atoms with Crippen LogP contribution in [0.15, 0.2) is 34.3 Å². The Morgan fingerprint density at radius 3 is 2.36 bits per heavy atom. The van der Waals surface area contributed by atoms with Gasteiger partial charge < -0.3 is 5.32 Å². The molecule has 0 radical (unpaired) electrons. The zero-order chi connectivity index (χ0) is 23.3. The molecule has 2 saturated carbocycles.